The van der Waals surface area contributed by atoms with Crippen LogP contribution in [0.5, 0.6) is 0 Å². The number of carbonyl (C=O) groups excluding carboxylic acids is 1. The lowest BCUT2D eigenvalue weighted by molar-refractivity contribution is -0.133. The lowest BCUT2D eigenvalue weighted by Gasteiger charge is -2.30. The highest BCUT2D eigenvalue weighted by Gasteiger charge is 2.25. The molecule has 5 nitrogen and oxygen atoms in total. The first kappa shape index (κ1) is 19.6. The summed E-state index contributed by atoms with van der Waals surface area (Å²) in [7, 11) is -3.84. The topological polar surface area (TPSA) is 59.4 Å². The number of hydrogen-bond acceptors (Lipinski definition) is 3. The van der Waals surface area contributed by atoms with Crippen LogP contribution in [0, 0.1) is 11.7 Å². The van der Waals surface area contributed by atoms with E-state index in [1.165, 1.54) is 18.3 Å². The molecule has 0 saturated carbocycles. The number of amides is 1. The van der Waals surface area contributed by atoms with Crippen molar-refractivity contribution in [1.29, 1.82) is 0 Å². The standard InChI is InChI=1S/C22H23FN2O3S/c1-16-10-12-24(13-11-16)22(26)15-25-14-21(19-4-2-3-5-20(19)25)29(27,28)18-8-6-17(23)7-9-18/h2-9,14,16H,10-13,15H2,1H3. The largest absolute Gasteiger partial charge is 0.341 e. The second-order valence-electron chi connectivity index (χ2n) is 7.66. The van der Waals surface area contributed by atoms with Crippen LogP contribution in [0.4, 0.5) is 4.39 Å². The number of sulfone groups is 1. The minimum atomic E-state index is -3.84. The van der Waals surface area contributed by atoms with Crippen LogP contribution in [0.2, 0.25) is 0 Å². The summed E-state index contributed by atoms with van der Waals surface area (Å²) in [4.78, 5) is 14.8. The van der Waals surface area contributed by atoms with E-state index in [1.54, 1.807) is 16.7 Å². The maximum absolute atomic E-state index is 13.2. The summed E-state index contributed by atoms with van der Waals surface area (Å²) in [5.74, 6) is 0.120. The smallest absolute Gasteiger partial charge is 0.242 e. The van der Waals surface area contributed by atoms with Crippen molar-refractivity contribution < 1.29 is 17.6 Å². The van der Waals surface area contributed by atoms with E-state index in [4.69, 9.17) is 0 Å². The van der Waals surface area contributed by atoms with E-state index in [9.17, 15) is 17.6 Å². The molecule has 1 aromatic heterocycles. The van der Waals surface area contributed by atoms with Crippen LogP contribution in [0.1, 0.15) is 19.8 Å². The molecule has 3 aromatic rings. The first-order chi connectivity index (χ1) is 13.9. The van der Waals surface area contributed by atoms with Crippen molar-refractivity contribution in [2.75, 3.05) is 13.1 Å². The van der Waals surface area contributed by atoms with E-state index in [2.05, 4.69) is 6.92 Å². The third-order valence-electron chi connectivity index (χ3n) is 5.61. The quantitative estimate of drug-likeness (QED) is 0.609. The third kappa shape index (κ3) is 3.79. The Balaban J connectivity index is 1.70. The van der Waals surface area contributed by atoms with Gasteiger partial charge in [0, 0.05) is 30.2 Å². The van der Waals surface area contributed by atoms with Gasteiger partial charge in [0.05, 0.1) is 9.79 Å². The summed E-state index contributed by atoms with van der Waals surface area (Å²) in [6, 6.07) is 11.9. The van der Waals surface area contributed by atoms with Gasteiger partial charge < -0.3 is 9.47 Å². The van der Waals surface area contributed by atoms with E-state index in [0.717, 1.165) is 38.1 Å². The van der Waals surface area contributed by atoms with E-state index in [1.807, 2.05) is 17.0 Å². The summed E-state index contributed by atoms with van der Waals surface area (Å²) < 4.78 is 41.3. The zero-order valence-electron chi connectivity index (χ0n) is 16.2. The summed E-state index contributed by atoms with van der Waals surface area (Å²) >= 11 is 0. The van der Waals surface area contributed by atoms with Crippen LogP contribution in [0.25, 0.3) is 10.9 Å². The van der Waals surface area contributed by atoms with E-state index in [0.29, 0.717) is 16.8 Å². The first-order valence-corrected chi connectivity index (χ1v) is 11.2. The third-order valence-corrected chi connectivity index (χ3v) is 7.40. The molecule has 7 heteroatoms. The molecule has 1 fully saturated rings. The Morgan fingerprint density at radius 1 is 1.07 bits per heavy atom. The van der Waals surface area contributed by atoms with Crippen LogP contribution >= 0.6 is 0 Å². The molecule has 1 aliphatic rings. The molecule has 152 valence electrons. The molecular weight excluding hydrogens is 391 g/mol. The van der Waals surface area contributed by atoms with Gasteiger partial charge in [0.15, 0.2) is 0 Å². The van der Waals surface area contributed by atoms with Gasteiger partial charge in [0.2, 0.25) is 15.7 Å². The highest BCUT2D eigenvalue weighted by molar-refractivity contribution is 7.91. The lowest BCUT2D eigenvalue weighted by atomic mass is 9.99. The SMILES string of the molecule is CC1CCN(C(=O)Cn2cc(S(=O)(=O)c3ccc(F)cc3)c3ccccc32)CC1. The van der Waals surface area contributed by atoms with Crippen molar-refractivity contribution in [3.05, 3.63) is 60.5 Å². The minimum Gasteiger partial charge on any atom is -0.341 e. The number of halogens is 1. The number of hydrogen-bond donors (Lipinski definition) is 0. The summed E-state index contributed by atoms with van der Waals surface area (Å²) in [5.41, 5.74) is 0.687. The Kier molecular flexibility index (Phi) is 5.17. The Hall–Kier alpha value is -2.67. The molecule has 1 saturated heterocycles. The summed E-state index contributed by atoms with van der Waals surface area (Å²) in [5, 5.41) is 0.553. The fraction of sp³-hybridized carbons (Fsp3) is 0.318. The van der Waals surface area contributed by atoms with Gasteiger partial charge in [0.25, 0.3) is 0 Å². The Labute approximate surface area is 169 Å². The van der Waals surface area contributed by atoms with Crippen molar-refractivity contribution in [2.24, 2.45) is 5.92 Å². The predicted molar refractivity (Wildman–Crippen MR) is 109 cm³/mol. The maximum Gasteiger partial charge on any atom is 0.242 e. The molecule has 0 atom stereocenters. The zero-order valence-corrected chi connectivity index (χ0v) is 17.0. The molecule has 0 aliphatic carbocycles. The van der Waals surface area contributed by atoms with Crippen LogP contribution in [-0.4, -0.2) is 36.9 Å². The Morgan fingerprint density at radius 2 is 1.72 bits per heavy atom. The lowest BCUT2D eigenvalue weighted by Crippen LogP contribution is -2.39. The van der Waals surface area contributed by atoms with Crippen molar-refractivity contribution >= 4 is 26.6 Å². The monoisotopic (exact) mass is 414 g/mol. The average molecular weight is 415 g/mol. The number of benzene rings is 2. The molecule has 1 amide bonds. The molecule has 4 rings (SSSR count). The van der Waals surface area contributed by atoms with Crippen LogP contribution in [0.3, 0.4) is 0 Å². The maximum atomic E-state index is 13.2. The molecule has 0 radical (unpaired) electrons. The molecule has 2 aromatic carbocycles. The molecule has 0 unspecified atom stereocenters. The molecular formula is C22H23FN2O3S. The number of fused-ring (bicyclic) bond motifs is 1. The highest BCUT2D eigenvalue weighted by Crippen LogP contribution is 2.30. The summed E-state index contributed by atoms with van der Waals surface area (Å²) in [6.07, 6.45) is 3.50. The molecule has 0 bridgehead atoms. The van der Waals surface area contributed by atoms with Crippen LogP contribution in [-0.2, 0) is 21.2 Å². The van der Waals surface area contributed by atoms with Gasteiger partial charge in [0.1, 0.15) is 12.4 Å². The van der Waals surface area contributed by atoms with Crippen molar-refractivity contribution in [3.8, 4) is 0 Å². The van der Waals surface area contributed by atoms with Gasteiger partial charge in [-0.2, -0.15) is 0 Å². The number of aromatic nitrogens is 1. The molecule has 29 heavy (non-hydrogen) atoms. The van der Waals surface area contributed by atoms with Gasteiger partial charge in [-0.15, -0.1) is 0 Å². The second-order valence-corrected chi connectivity index (χ2v) is 9.58. The van der Waals surface area contributed by atoms with Crippen LogP contribution in [0.15, 0.2) is 64.5 Å². The van der Waals surface area contributed by atoms with E-state index < -0.39 is 15.7 Å². The average Bonchev–Trinajstić information content (AvgIpc) is 3.08. The van der Waals surface area contributed by atoms with E-state index in [-0.39, 0.29) is 22.2 Å². The molecule has 0 spiro atoms. The number of rotatable bonds is 4. The number of para-hydroxylation sites is 1. The van der Waals surface area contributed by atoms with Gasteiger partial charge in [-0.05, 0) is 49.1 Å². The minimum absolute atomic E-state index is 0.0108. The molecule has 0 N–H and O–H groups in total. The van der Waals surface area contributed by atoms with E-state index >= 15 is 0 Å². The fourth-order valence-corrected chi connectivity index (χ4v) is 5.28. The number of piperidine rings is 1. The molecule has 2 heterocycles. The second kappa shape index (κ2) is 7.63. The van der Waals surface area contributed by atoms with Crippen molar-refractivity contribution in [1.82, 2.24) is 9.47 Å². The zero-order chi connectivity index (χ0) is 20.6. The normalized spacial score (nSPS) is 15.7. The van der Waals surface area contributed by atoms with Gasteiger partial charge >= 0.3 is 0 Å². The summed E-state index contributed by atoms with van der Waals surface area (Å²) in [6.45, 7) is 3.75. The van der Waals surface area contributed by atoms with Crippen LogP contribution < -0.4 is 0 Å². The Bertz CT molecular complexity index is 1140. The van der Waals surface area contributed by atoms with Crippen molar-refractivity contribution in [3.63, 3.8) is 0 Å². The van der Waals surface area contributed by atoms with Gasteiger partial charge in [-0.1, -0.05) is 25.1 Å². The van der Waals surface area contributed by atoms with Gasteiger partial charge in [-0.25, -0.2) is 12.8 Å². The van der Waals surface area contributed by atoms with Crippen molar-refractivity contribution in [2.45, 2.75) is 36.1 Å². The number of likely N-dealkylation sites (tertiary alicyclic amines) is 1. The van der Waals surface area contributed by atoms with Gasteiger partial charge in [-0.3, -0.25) is 4.79 Å². The predicted octanol–water partition coefficient (Wildman–Crippen LogP) is 3.87. The number of carbonyl (C=O) groups is 1. The molecule has 1 aliphatic heterocycles. The highest BCUT2D eigenvalue weighted by atomic mass is 32.2. The fourth-order valence-electron chi connectivity index (χ4n) is 3.80. The first-order valence-electron chi connectivity index (χ1n) is 9.72. The Morgan fingerprint density at radius 3 is 2.41 bits per heavy atom. The number of nitrogens with zero attached hydrogens (tertiary/aromatic N) is 2.